The molecule has 1 amide bonds. The summed E-state index contributed by atoms with van der Waals surface area (Å²) in [5, 5.41) is 17.6. The Labute approximate surface area is 171 Å². The molecular formula is C20H21FN8O. The number of nitrogens with one attached hydrogen (secondary N) is 3. The van der Waals surface area contributed by atoms with Crippen LogP contribution in [0.25, 0.3) is 5.52 Å². The zero-order valence-corrected chi connectivity index (χ0v) is 16.4. The third-order valence-electron chi connectivity index (χ3n) is 4.52. The molecule has 9 nitrogen and oxygen atoms in total. The van der Waals surface area contributed by atoms with Crippen LogP contribution in [0.2, 0.25) is 0 Å². The molecule has 3 aromatic heterocycles. The highest BCUT2D eigenvalue weighted by Crippen LogP contribution is 2.25. The summed E-state index contributed by atoms with van der Waals surface area (Å²) in [5.41, 5.74) is 7.98. The molecule has 154 valence electrons. The number of amides is 1. The molecule has 2 atom stereocenters. The van der Waals surface area contributed by atoms with Crippen molar-refractivity contribution in [3.63, 3.8) is 0 Å². The average Bonchev–Trinajstić information content (AvgIpc) is 3.35. The van der Waals surface area contributed by atoms with Gasteiger partial charge in [0.2, 0.25) is 5.91 Å². The van der Waals surface area contributed by atoms with Crippen LogP contribution < -0.4 is 16.4 Å². The summed E-state index contributed by atoms with van der Waals surface area (Å²) in [6.45, 7) is 3.48. The fourth-order valence-electron chi connectivity index (χ4n) is 3.00. The summed E-state index contributed by atoms with van der Waals surface area (Å²) in [7, 11) is 0. The van der Waals surface area contributed by atoms with Gasteiger partial charge in [-0.15, -0.1) is 5.10 Å². The minimum absolute atomic E-state index is 0.314. The number of nitrogens with zero attached hydrogens (tertiary/aromatic N) is 4. The quantitative estimate of drug-likeness (QED) is 0.387. The van der Waals surface area contributed by atoms with Gasteiger partial charge in [0.05, 0.1) is 6.04 Å². The second kappa shape index (κ2) is 7.91. The minimum atomic E-state index is -0.729. The van der Waals surface area contributed by atoms with Gasteiger partial charge in [-0.25, -0.2) is 13.9 Å². The van der Waals surface area contributed by atoms with E-state index in [-0.39, 0.29) is 11.7 Å². The van der Waals surface area contributed by atoms with E-state index in [0.717, 1.165) is 11.2 Å². The van der Waals surface area contributed by atoms with Gasteiger partial charge in [0.1, 0.15) is 17.4 Å². The number of H-pyrrole nitrogens is 1. The molecule has 1 aromatic carbocycles. The van der Waals surface area contributed by atoms with Crippen molar-refractivity contribution in [3.8, 4) is 0 Å². The molecule has 0 aliphatic heterocycles. The molecule has 0 saturated heterocycles. The lowest BCUT2D eigenvalue weighted by Gasteiger charge is -2.20. The molecule has 2 unspecified atom stereocenters. The monoisotopic (exact) mass is 408 g/mol. The van der Waals surface area contributed by atoms with Crippen LogP contribution in [0, 0.1) is 12.7 Å². The Balaban J connectivity index is 1.80. The van der Waals surface area contributed by atoms with Crippen LogP contribution in [0.3, 0.4) is 0 Å². The molecule has 0 bridgehead atoms. The lowest BCUT2D eigenvalue weighted by Crippen LogP contribution is -2.41. The number of aromatic amines is 1. The molecule has 10 heteroatoms. The molecule has 0 radical (unpaired) electrons. The van der Waals surface area contributed by atoms with E-state index in [4.69, 9.17) is 5.73 Å². The number of benzene rings is 1. The summed E-state index contributed by atoms with van der Waals surface area (Å²) in [6.07, 6.45) is 1.77. The number of carbonyl (C=O) groups is 1. The number of fused-ring (bicyclic) bond motifs is 1. The predicted octanol–water partition coefficient (Wildman–Crippen LogP) is 2.20. The summed E-state index contributed by atoms with van der Waals surface area (Å²) >= 11 is 0. The van der Waals surface area contributed by atoms with Crippen molar-refractivity contribution in [3.05, 3.63) is 71.6 Å². The van der Waals surface area contributed by atoms with E-state index in [1.54, 1.807) is 29.8 Å². The van der Waals surface area contributed by atoms with Crippen LogP contribution in [0.5, 0.6) is 0 Å². The van der Waals surface area contributed by atoms with Crippen molar-refractivity contribution in [2.24, 2.45) is 5.73 Å². The fourth-order valence-corrected chi connectivity index (χ4v) is 3.00. The molecule has 5 N–H and O–H groups in total. The van der Waals surface area contributed by atoms with Crippen LogP contribution >= 0.6 is 0 Å². The zero-order valence-electron chi connectivity index (χ0n) is 16.4. The van der Waals surface area contributed by atoms with Gasteiger partial charge in [0, 0.05) is 18.0 Å². The van der Waals surface area contributed by atoms with E-state index in [1.165, 1.54) is 12.1 Å². The molecule has 0 saturated carbocycles. The number of carbonyl (C=O) groups excluding carboxylic acids is 1. The third kappa shape index (κ3) is 3.98. The van der Waals surface area contributed by atoms with Crippen LogP contribution in [-0.2, 0) is 4.79 Å². The second-order valence-electron chi connectivity index (χ2n) is 7.00. The SMILES string of the molecule is Cc1cc(Nc2nc(C(NC(=O)C(C)N)c3ccc(F)cc3)nn3cccc23)n[nH]1. The number of aryl methyl sites for hydroxylation is 1. The molecule has 3 heterocycles. The highest BCUT2D eigenvalue weighted by molar-refractivity contribution is 5.81. The van der Waals surface area contributed by atoms with Gasteiger partial charge in [0.15, 0.2) is 17.5 Å². The number of anilines is 2. The van der Waals surface area contributed by atoms with Gasteiger partial charge in [-0.2, -0.15) is 5.10 Å². The lowest BCUT2D eigenvalue weighted by atomic mass is 10.1. The van der Waals surface area contributed by atoms with Gasteiger partial charge < -0.3 is 16.4 Å². The number of hydrogen-bond acceptors (Lipinski definition) is 6. The number of aromatic nitrogens is 5. The van der Waals surface area contributed by atoms with Gasteiger partial charge in [-0.3, -0.25) is 9.89 Å². The van der Waals surface area contributed by atoms with Crippen LogP contribution in [0.4, 0.5) is 16.0 Å². The zero-order chi connectivity index (χ0) is 21.3. The maximum Gasteiger partial charge on any atom is 0.237 e. The van der Waals surface area contributed by atoms with Crippen molar-refractivity contribution in [2.45, 2.75) is 25.9 Å². The normalized spacial score (nSPS) is 13.2. The highest BCUT2D eigenvalue weighted by atomic mass is 19.1. The molecule has 0 spiro atoms. The molecule has 0 aliphatic rings. The third-order valence-corrected chi connectivity index (χ3v) is 4.52. The van der Waals surface area contributed by atoms with Crippen molar-refractivity contribution >= 4 is 23.1 Å². The predicted molar refractivity (Wildman–Crippen MR) is 110 cm³/mol. The first-order valence-electron chi connectivity index (χ1n) is 9.36. The Hall–Kier alpha value is -3.79. The van der Waals surface area contributed by atoms with E-state index < -0.39 is 12.1 Å². The van der Waals surface area contributed by atoms with Gasteiger partial charge in [-0.1, -0.05) is 12.1 Å². The van der Waals surface area contributed by atoms with E-state index in [9.17, 15) is 9.18 Å². The van der Waals surface area contributed by atoms with Crippen LogP contribution in [0.1, 0.15) is 30.0 Å². The van der Waals surface area contributed by atoms with Crippen molar-refractivity contribution in [2.75, 3.05) is 5.32 Å². The lowest BCUT2D eigenvalue weighted by molar-refractivity contribution is -0.122. The second-order valence-corrected chi connectivity index (χ2v) is 7.00. The van der Waals surface area contributed by atoms with Crippen molar-refractivity contribution in [1.29, 1.82) is 0 Å². The summed E-state index contributed by atoms with van der Waals surface area (Å²) in [5.74, 6) is 0.665. The maximum absolute atomic E-state index is 13.5. The first-order chi connectivity index (χ1) is 14.4. The van der Waals surface area contributed by atoms with E-state index in [0.29, 0.717) is 23.0 Å². The summed E-state index contributed by atoms with van der Waals surface area (Å²) in [4.78, 5) is 17.0. The van der Waals surface area contributed by atoms with E-state index in [2.05, 4.69) is 30.9 Å². The van der Waals surface area contributed by atoms with Gasteiger partial charge in [0.25, 0.3) is 0 Å². The number of rotatable bonds is 6. The first-order valence-corrected chi connectivity index (χ1v) is 9.36. The first kappa shape index (κ1) is 19.5. The molecule has 4 aromatic rings. The van der Waals surface area contributed by atoms with E-state index in [1.807, 2.05) is 25.1 Å². The molecule has 30 heavy (non-hydrogen) atoms. The Bertz CT molecular complexity index is 1180. The Kier molecular flexibility index (Phi) is 5.15. The van der Waals surface area contributed by atoms with Crippen molar-refractivity contribution in [1.82, 2.24) is 30.1 Å². The Morgan fingerprint density at radius 3 is 2.70 bits per heavy atom. The van der Waals surface area contributed by atoms with Crippen LogP contribution in [0.15, 0.2) is 48.7 Å². The minimum Gasteiger partial charge on any atom is -0.341 e. The topological polar surface area (TPSA) is 126 Å². The highest BCUT2D eigenvalue weighted by Gasteiger charge is 2.23. The van der Waals surface area contributed by atoms with Gasteiger partial charge >= 0.3 is 0 Å². The largest absolute Gasteiger partial charge is 0.341 e. The fraction of sp³-hybridized carbons (Fsp3) is 0.200. The molecule has 4 rings (SSSR count). The molecule has 0 aliphatic carbocycles. The molecular weight excluding hydrogens is 387 g/mol. The summed E-state index contributed by atoms with van der Waals surface area (Å²) in [6, 6.07) is 9.88. The van der Waals surface area contributed by atoms with Crippen LogP contribution in [-0.4, -0.2) is 36.7 Å². The average molecular weight is 408 g/mol. The van der Waals surface area contributed by atoms with Gasteiger partial charge in [-0.05, 0) is 43.7 Å². The maximum atomic E-state index is 13.5. The number of halogens is 1. The van der Waals surface area contributed by atoms with Crippen molar-refractivity contribution < 1.29 is 9.18 Å². The molecule has 0 fully saturated rings. The Morgan fingerprint density at radius 1 is 1.27 bits per heavy atom. The number of hydrogen-bond donors (Lipinski definition) is 4. The van der Waals surface area contributed by atoms with E-state index >= 15 is 0 Å². The number of nitrogens with two attached hydrogens (primary N) is 1. The smallest absolute Gasteiger partial charge is 0.237 e. The Morgan fingerprint density at radius 2 is 2.03 bits per heavy atom. The summed E-state index contributed by atoms with van der Waals surface area (Å²) < 4.78 is 15.1. The standard InChI is InChI=1S/C20H21FN8O/c1-11-10-16(27-26-11)23-18-15-4-3-9-29(15)28-19(25-18)17(24-20(30)12(2)22)13-5-7-14(21)8-6-13/h3-10,12,17H,22H2,1-2H3,(H,24,30)(H2,23,25,26,27,28).